The van der Waals surface area contributed by atoms with E-state index in [1.807, 2.05) is 0 Å². The van der Waals surface area contributed by atoms with Crippen LogP contribution in [-0.2, 0) is 4.79 Å². The summed E-state index contributed by atoms with van der Waals surface area (Å²) in [5, 5.41) is 11.1. The van der Waals surface area contributed by atoms with E-state index in [2.05, 4.69) is 5.32 Å². The Morgan fingerprint density at radius 2 is 2.55 bits per heavy atom. The molecule has 11 heavy (non-hydrogen) atoms. The molecule has 1 atom stereocenters. The van der Waals surface area contributed by atoms with Gasteiger partial charge in [0.25, 0.3) is 0 Å². The highest BCUT2D eigenvalue weighted by Crippen LogP contribution is 2.13. The third-order valence-corrected chi connectivity index (χ3v) is 1.63. The van der Waals surface area contributed by atoms with Crippen LogP contribution in [0.4, 0.5) is 4.39 Å². The fraction of sp³-hybridized carbons (Fsp3) is 0.571. The van der Waals surface area contributed by atoms with E-state index < -0.39 is 12.1 Å². The molecule has 2 N–H and O–H groups in total. The minimum Gasteiger partial charge on any atom is -0.478 e. The molecule has 1 saturated heterocycles. The van der Waals surface area contributed by atoms with Crippen molar-refractivity contribution in [2.45, 2.75) is 12.6 Å². The molecule has 0 aromatic heterocycles. The predicted molar refractivity (Wildman–Crippen MR) is 38.1 cm³/mol. The number of carbonyl (C=O) groups is 1. The molecule has 0 aliphatic carbocycles. The first-order chi connectivity index (χ1) is 5.20. The van der Waals surface area contributed by atoms with Gasteiger partial charge in [0.05, 0.1) is 0 Å². The minimum atomic E-state index is -1.13. The molecule has 0 aromatic rings. The predicted octanol–water partition coefficient (Wildman–Crippen LogP) is 0.329. The second-order valence-electron chi connectivity index (χ2n) is 2.48. The van der Waals surface area contributed by atoms with Crippen molar-refractivity contribution in [2.75, 3.05) is 13.1 Å². The van der Waals surface area contributed by atoms with E-state index in [9.17, 15) is 9.18 Å². The molecular formula is C7H10FNO2. The maximum absolute atomic E-state index is 12.8. The summed E-state index contributed by atoms with van der Waals surface area (Å²) in [6.45, 7) is 0.901. The van der Waals surface area contributed by atoms with Crippen LogP contribution >= 0.6 is 0 Å². The zero-order chi connectivity index (χ0) is 8.27. The lowest BCUT2D eigenvalue weighted by atomic mass is 10.0. The number of hydrogen-bond donors (Lipinski definition) is 2. The average molecular weight is 159 g/mol. The van der Waals surface area contributed by atoms with E-state index in [0.29, 0.717) is 18.5 Å². The zero-order valence-electron chi connectivity index (χ0n) is 6.01. The maximum Gasteiger partial charge on any atom is 0.328 e. The van der Waals surface area contributed by atoms with Gasteiger partial charge >= 0.3 is 5.97 Å². The number of nitrogens with one attached hydrogen (secondary N) is 1. The maximum atomic E-state index is 12.8. The second kappa shape index (κ2) is 3.48. The lowest BCUT2D eigenvalue weighted by Gasteiger charge is -2.18. The Morgan fingerprint density at radius 1 is 1.82 bits per heavy atom. The molecule has 1 fully saturated rings. The van der Waals surface area contributed by atoms with Gasteiger partial charge in [-0.3, -0.25) is 0 Å². The standard InChI is InChI=1S/C7H10FNO2/c8-6-4-9-2-1-5(6)3-7(10)11/h3,6,9H,1-2,4H2,(H,10,11)/b5-3+. The van der Waals surface area contributed by atoms with Gasteiger partial charge in [0.1, 0.15) is 6.17 Å². The van der Waals surface area contributed by atoms with Gasteiger partial charge in [0.15, 0.2) is 0 Å². The summed E-state index contributed by atoms with van der Waals surface area (Å²) < 4.78 is 12.8. The van der Waals surface area contributed by atoms with Gasteiger partial charge in [0, 0.05) is 12.6 Å². The number of alkyl halides is 1. The molecule has 0 aromatic carbocycles. The molecule has 1 heterocycles. The van der Waals surface area contributed by atoms with E-state index in [0.717, 1.165) is 6.08 Å². The Morgan fingerprint density at radius 3 is 3.09 bits per heavy atom. The van der Waals surface area contributed by atoms with Crippen LogP contribution in [-0.4, -0.2) is 30.3 Å². The number of rotatable bonds is 1. The van der Waals surface area contributed by atoms with Crippen molar-refractivity contribution in [3.63, 3.8) is 0 Å². The molecular weight excluding hydrogens is 149 g/mol. The highest BCUT2D eigenvalue weighted by Gasteiger charge is 2.17. The third-order valence-electron chi connectivity index (χ3n) is 1.63. The fourth-order valence-corrected chi connectivity index (χ4v) is 1.07. The largest absolute Gasteiger partial charge is 0.478 e. The van der Waals surface area contributed by atoms with Crippen LogP contribution in [0.15, 0.2) is 11.6 Å². The van der Waals surface area contributed by atoms with Gasteiger partial charge in [0.2, 0.25) is 0 Å². The van der Waals surface area contributed by atoms with Gasteiger partial charge in [-0.2, -0.15) is 0 Å². The highest BCUT2D eigenvalue weighted by atomic mass is 19.1. The van der Waals surface area contributed by atoms with Crippen molar-refractivity contribution >= 4 is 5.97 Å². The van der Waals surface area contributed by atoms with Crippen molar-refractivity contribution in [2.24, 2.45) is 0 Å². The van der Waals surface area contributed by atoms with E-state index in [-0.39, 0.29) is 6.54 Å². The summed E-state index contributed by atoms with van der Waals surface area (Å²) >= 11 is 0. The molecule has 3 nitrogen and oxygen atoms in total. The first kappa shape index (κ1) is 8.20. The van der Waals surface area contributed by atoms with Gasteiger partial charge in [-0.15, -0.1) is 0 Å². The quantitative estimate of drug-likeness (QED) is 0.542. The van der Waals surface area contributed by atoms with Crippen molar-refractivity contribution in [3.05, 3.63) is 11.6 Å². The number of carboxylic acid groups (broad SMARTS) is 1. The number of hydrogen-bond acceptors (Lipinski definition) is 2. The Kier molecular flexibility index (Phi) is 2.59. The van der Waals surface area contributed by atoms with Crippen molar-refractivity contribution in [1.82, 2.24) is 5.32 Å². The van der Waals surface area contributed by atoms with Crippen LogP contribution < -0.4 is 5.32 Å². The molecule has 0 saturated carbocycles. The molecule has 1 aliphatic rings. The topological polar surface area (TPSA) is 49.3 Å². The summed E-state index contributed by atoms with van der Waals surface area (Å²) in [5.41, 5.74) is 0.385. The SMILES string of the molecule is O=C(O)/C=C1\CCNCC1F. The lowest BCUT2D eigenvalue weighted by molar-refractivity contribution is -0.131. The van der Waals surface area contributed by atoms with Crippen molar-refractivity contribution in [1.29, 1.82) is 0 Å². The Hall–Kier alpha value is -0.900. The summed E-state index contributed by atoms with van der Waals surface area (Å²) in [6.07, 6.45) is 0.332. The summed E-state index contributed by atoms with van der Waals surface area (Å²) in [4.78, 5) is 10.1. The summed E-state index contributed by atoms with van der Waals surface area (Å²) in [6, 6.07) is 0. The molecule has 0 amide bonds. The number of piperidine rings is 1. The van der Waals surface area contributed by atoms with Crippen LogP contribution in [0, 0.1) is 0 Å². The molecule has 4 heteroatoms. The van der Waals surface area contributed by atoms with E-state index in [1.165, 1.54) is 0 Å². The Balaban J connectivity index is 2.60. The summed E-state index contributed by atoms with van der Waals surface area (Å²) in [7, 11) is 0. The first-order valence-electron chi connectivity index (χ1n) is 3.48. The smallest absolute Gasteiger partial charge is 0.328 e. The van der Waals surface area contributed by atoms with Crippen LogP contribution in [0.25, 0.3) is 0 Å². The van der Waals surface area contributed by atoms with E-state index in [1.54, 1.807) is 0 Å². The molecule has 0 radical (unpaired) electrons. The van der Waals surface area contributed by atoms with Crippen molar-refractivity contribution < 1.29 is 14.3 Å². The average Bonchev–Trinajstić information content (AvgIpc) is 1.93. The third kappa shape index (κ3) is 2.31. The second-order valence-corrected chi connectivity index (χ2v) is 2.48. The minimum absolute atomic E-state index is 0.235. The summed E-state index contributed by atoms with van der Waals surface area (Å²) in [5.74, 6) is -1.07. The molecule has 1 aliphatic heterocycles. The molecule has 62 valence electrons. The van der Waals surface area contributed by atoms with Crippen molar-refractivity contribution in [3.8, 4) is 0 Å². The molecule has 1 rings (SSSR count). The Labute approximate surface area is 63.9 Å². The van der Waals surface area contributed by atoms with E-state index >= 15 is 0 Å². The van der Waals surface area contributed by atoms with Gasteiger partial charge < -0.3 is 10.4 Å². The number of halogens is 1. The van der Waals surface area contributed by atoms with Crippen LogP contribution in [0.3, 0.4) is 0 Å². The highest BCUT2D eigenvalue weighted by molar-refractivity contribution is 5.80. The monoisotopic (exact) mass is 159 g/mol. The van der Waals surface area contributed by atoms with Crippen LogP contribution in [0.2, 0.25) is 0 Å². The van der Waals surface area contributed by atoms with E-state index in [4.69, 9.17) is 5.11 Å². The fourth-order valence-electron chi connectivity index (χ4n) is 1.07. The Bertz CT molecular complexity index is 191. The van der Waals surface area contributed by atoms with Gasteiger partial charge in [-0.05, 0) is 18.5 Å². The first-order valence-corrected chi connectivity index (χ1v) is 3.48. The number of carboxylic acids is 1. The zero-order valence-corrected chi connectivity index (χ0v) is 6.01. The van der Waals surface area contributed by atoms with Gasteiger partial charge in [-0.25, -0.2) is 9.18 Å². The van der Waals surface area contributed by atoms with Gasteiger partial charge in [-0.1, -0.05) is 0 Å². The van der Waals surface area contributed by atoms with Crippen LogP contribution in [0.5, 0.6) is 0 Å². The number of aliphatic carboxylic acids is 1. The normalized spacial score (nSPS) is 28.8. The molecule has 1 unspecified atom stereocenters. The van der Waals surface area contributed by atoms with Crippen LogP contribution in [0.1, 0.15) is 6.42 Å². The lowest BCUT2D eigenvalue weighted by Crippen LogP contribution is -2.33. The molecule has 0 bridgehead atoms. The molecule has 0 spiro atoms.